The molecule has 0 atom stereocenters. The maximum Gasteiger partial charge on any atom is 0.272 e. The molecule has 1 saturated heterocycles. The van der Waals surface area contributed by atoms with E-state index in [9.17, 15) is 4.79 Å². The van der Waals surface area contributed by atoms with E-state index in [0.29, 0.717) is 5.69 Å². The second-order valence-electron chi connectivity index (χ2n) is 6.78. The van der Waals surface area contributed by atoms with Crippen LogP contribution >= 0.6 is 0 Å². The molecule has 1 aromatic rings. The van der Waals surface area contributed by atoms with Crippen molar-refractivity contribution >= 4 is 5.91 Å². The Hall–Kier alpha value is -1.36. The number of amides is 1. The minimum absolute atomic E-state index is 0.00819. The van der Waals surface area contributed by atoms with Crippen LogP contribution in [0.3, 0.4) is 0 Å². The highest BCUT2D eigenvalue weighted by Gasteiger charge is 2.40. The van der Waals surface area contributed by atoms with Crippen LogP contribution in [-0.4, -0.2) is 34.3 Å². The molecular formula is C14H22N4O. The average molecular weight is 262 g/mol. The van der Waals surface area contributed by atoms with Gasteiger partial charge in [-0.1, -0.05) is 0 Å². The number of hydrogen-bond donors (Lipinski definition) is 2. The van der Waals surface area contributed by atoms with E-state index in [1.165, 1.54) is 0 Å². The van der Waals surface area contributed by atoms with Gasteiger partial charge in [0.15, 0.2) is 5.69 Å². The van der Waals surface area contributed by atoms with Crippen LogP contribution in [0.15, 0.2) is 6.20 Å². The Labute approximate surface area is 113 Å². The van der Waals surface area contributed by atoms with Crippen molar-refractivity contribution in [2.75, 3.05) is 13.1 Å². The third-order valence-electron chi connectivity index (χ3n) is 4.16. The molecule has 2 aliphatic rings. The molecule has 0 radical (unpaired) electrons. The summed E-state index contributed by atoms with van der Waals surface area (Å²) < 4.78 is 1.91. The lowest BCUT2D eigenvalue weighted by Gasteiger charge is -2.40. The Morgan fingerprint density at radius 2 is 2.00 bits per heavy atom. The largest absolute Gasteiger partial charge is 0.345 e. The van der Waals surface area contributed by atoms with Gasteiger partial charge in [-0.25, -0.2) is 0 Å². The SMILES string of the molecule is CC(C)(C)n1cc2c(n1)C(=O)NC1(CCNCC1)C2. The number of hydrogen-bond acceptors (Lipinski definition) is 3. The molecular weight excluding hydrogens is 240 g/mol. The van der Waals surface area contributed by atoms with Crippen molar-refractivity contribution in [3.63, 3.8) is 0 Å². The number of aromatic nitrogens is 2. The molecule has 2 aliphatic heterocycles. The first-order valence-corrected chi connectivity index (χ1v) is 7.02. The third-order valence-corrected chi connectivity index (χ3v) is 4.16. The van der Waals surface area contributed by atoms with Crippen LogP contribution in [0.5, 0.6) is 0 Å². The summed E-state index contributed by atoms with van der Waals surface area (Å²) in [5.41, 5.74) is 1.57. The first-order valence-electron chi connectivity index (χ1n) is 7.02. The van der Waals surface area contributed by atoms with Gasteiger partial charge in [-0.2, -0.15) is 5.10 Å². The van der Waals surface area contributed by atoms with Crippen molar-refractivity contribution in [1.82, 2.24) is 20.4 Å². The van der Waals surface area contributed by atoms with Crippen molar-refractivity contribution in [3.8, 4) is 0 Å². The van der Waals surface area contributed by atoms with Crippen LogP contribution in [0.25, 0.3) is 0 Å². The summed E-state index contributed by atoms with van der Waals surface area (Å²) in [6, 6.07) is 0. The van der Waals surface area contributed by atoms with Gasteiger partial charge in [0.05, 0.1) is 5.54 Å². The number of nitrogens with one attached hydrogen (secondary N) is 2. The highest BCUT2D eigenvalue weighted by molar-refractivity contribution is 5.95. The fraction of sp³-hybridized carbons (Fsp3) is 0.714. The van der Waals surface area contributed by atoms with Crippen LogP contribution in [0.2, 0.25) is 0 Å². The molecule has 19 heavy (non-hydrogen) atoms. The Balaban J connectivity index is 1.95. The third kappa shape index (κ3) is 2.16. The quantitative estimate of drug-likeness (QED) is 0.734. The van der Waals surface area contributed by atoms with Gasteiger partial charge >= 0.3 is 0 Å². The number of carbonyl (C=O) groups excluding carboxylic acids is 1. The Bertz CT molecular complexity index is 506. The lowest BCUT2D eigenvalue weighted by molar-refractivity contribution is 0.0845. The van der Waals surface area contributed by atoms with E-state index in [1.54, 1.807) is 0 Å². The van der Waals surface area contributed by atoms with Gasteiger partial charge in [0, 0.05) is 17.3 Å². The summed E-state index contributed by atoms with van der Waals surface area (Å²) in [4.78, 5) is 12.3. The average Bonchev–Trinajstić information content (AvgIpc) is 2.73. The molecule has 0 bridgehead atoms. The van der Waals surface area contributed by atoms with Crippen molar-refractivity contribution < 1.29 is 4.79 Å². The minimum Gasteiger partial charge on any atom is -0.345 e. The fourth-order valence-electron chi connectivity index (χ4n) is 2.99. The first-order chi connectivity index (χ1) is 8.90. The summed E-state index contributed by atoms with van der Waals surface area (Å²) in [5.74, 6) is -0.00819. The van der Waals surface area contributed by atoms with Gasteiger partial charge in [0.2, 0.25) is 0 Å². The van der Waals surface area contributed by atoms with Gasteiger partial charge < -0.3 is 10.6 Å². The highest BCUT2D eigenvalue weighted by Crippen LogP contribution is 2.30. The standard InChI is InChI=1S/C14H22N4O/c1-13(2,3)18-9-10-8-14(4-6-15-7-5-14)16-12(19)11(10)17-18/h9,15H,4-8H2,1-3H3,(H,16,19). The van der Waals surface area contributed by atoms with Gasteiger partial charge in [0.25, 0.3) is 5.91 Å². The smallest absolute Gasteiger partial charge is 0.272 e. The second kappa shape index (κ2) is 4.07. The van der Waals surface area contributed by atoms with Crippen molar-refractivity contribution in [2.24, 2.45) is 0 Å². The van der Waals surface area contributed by atoms with E-state index in [1.807, 2.05) is 4.68 Å². The molecule has 104 valence electrons. The number of rotatable bonds is 0. The van der Waals surface area contributed by atoms with Gasteiger partial charge in [-0.05, 0) is 53.1 Å². The maximum absolute atomic E-state index is 12.3. The van der Waals surface area contributed by atoms with Crippen molar-refractivity contribution in [2.45, 2.75) is 51.1 Å². The zero-order valence-corrected chi connectivity index (χ0v) is 11.9. The predicted octanol–water partition coefficient (Wildman–Crippen LogP) is 1.05. The predicted molar refractivity (Wildman–Crippen MR) is 73.2 cm³/mol. The highest BCUT2D eigenvalue weighted by atomic mass is 16.2. The number of carbonyl (C=O) groups is 1. The Morgan fingerprint density at radius 3 is 2.63 bits per heavy atom. The second-order valence-corrected chi connectivity index (χ2v) is 6.78. The molecule has 0 aliphatic carbocycles. The monoisotopic (exact) mass is 262 g/mol. The van der Waals surface area contributed by atoms with E-state index in [0.717, 1.165) is 37.9 Å². The van der Waals surface area contributed by atoms with Crippen LogP contribution in [-0.2, 0) is 12.0 Å². The van der Waals surface area contributed by atoms with E-state index >= 15 is 0 Å². The molecule has 1 amide bonds. The molecule has 5 heteroatoms. The summed E-state index contributed by atoms with van der Waals surface area (Å²) >= 11 is 0. The zero-order chi connectivity index (χ0) is 13.7. The van der Waals surface area contributed by atoms with Gasteiger partial charge in [-0.15, -0.1) is 0 Å². The summed E-state index contributed by atoms with van der Waals surface area (Å²) in [7, 11) is 0. The van der Waals surface area contributed by atoms with E-state index in [4.69, 9.17) is 0 Å². The number of nitrogens with zero attached hydrogens (tertiary/aromatic N) is 2. The van der Waals surface area contributed by atoms with Crippen molar-refractivity contribution in [3.05, 3.63) is 17.5 Å². The summed E-state index contributed by atoms with van der Waals surface area (Å²) in [6.45, 7) is 8.25. The van der Waals surface area contributed by atoms with E-state index < -0.39 is 0 Å². The molecule has 0 aromatic carbocycles. The van der Waals surface area contributed by atoms with Crippen LogP contribution in [0, 0.1) is 0 Å². The maximum atomic E-state index is 12.3. The fourth-order valence-corrected chi connectivity index (χ4v) is 2.99. The lowest BCUT2D eigenvalue weighted by atomic mass is 9.80. The Morgan fingerprint density at radius 1 is 1.32 bits per heavy atom. The number of fused-ring (bicyclic) bond motifs is 1. The first kappa shape index (κ1) is 12.7. The lowest BCUT2D eigenvalue weighted by Crippen LogP contribution is -2.58. The zero-order valence-electron chi connectivity index (χ0n) is 11.9. The molecule has 1 aromatic heterocycles. The van der Waals surface area contributed by atoms with E-state index in [2.05, 4.69) is 42.7 Å². The normalized spacial score (nSPS) is 22.2. The molecule has 3 heterocycles. The molecule has 2 N–H and O–H groups in total. The van der Waals surface area contributed by atoms with Crippen LogP contribution in [0.4, 0.5) is 0 Å². The van der Waals surface area contributed by atoms with Gasteiger partial charge in [0.1, 0.15) is 0 Å². The van der Waals surface area contributed by atoms with Crippen molar-refractivity contribution in [1.29, 1.82) is 0 Å². The molecule has 0 saturated carbocycles. The topological polar surface area (TPSA) is 59.0 Å². The van der Waals surface area contributed by atoms with Gasteiger partial charge in [-0.3, -0.25) is 9.48 Å². The minimum atomic E-state index is -0.0844. The van der Waals surface area contributed by atoms with E-state index in [-0.39, 0.29) is 17.0 Å². The summed E-state index contributed by atoms with van der Waals surface area (Å²) in [5, 5.41) is 11.0. The molecule has 3 rings (SSSR count). The summed E-state index contributed by atoms with van der Waals surface area (Å²) in [6.07, 6.45) is 4.96. The molecule has 1 fully saturated rings. The number of piperidine rings is 1. The van der Waals surface area contributed by atoms with Crippen LogP contribution < -0.4 is 10.6 Å². The van der Waals surface area contributed by atoms with Crippen LogP contribution in [0.1, 0.15) is 49.7 Å². The molecule has 1 spiro atoms. The molecule has 0 unspecified atom stereocenters. The molecule has 5 nitrogen and oxygen atoms in total. The Kier molecular flexibility index (Phi) is 2.71.